The van der Waals surface area contributed by atoms with Crippen LogP contribution in [-0.4, -0.2) is 25.7 Å². The summed E-state index contributed by atoms with van der Waals surface area (Å²) in [6, 6.07) is 3.10. The third kappa shape index (κ3) is 2.57. The van der Waals surface area contributed by atoms with Gasteiger partial charge in [-0.1, -0.05) is 0 Å². The minimum atomic E-state index is -0.520. The van der Waals surface area contributed by atoms with E-state index in [1.54, 1.807) is 13.1 Å². The number of carbonyl (C=O) groups is 1. The van der Waals surface area contributed by atoms with Crippen LogP contribution in [0.25, 0.3) is 0 Å². The van der Waals surface area contributed by atoms with Crippen LogP contribution in [0.1, 0.15) is 16.3 Å². The average molecular weight is 233 g/mol. The predicted octanol–water partition coefficient (Wildman–Crippen LogP) is 0.149. The molecule has 0 fully saturated rings. The van der Waals surface area contributed by atoms with Crippen LogP contribution in [0.5, 0.6) is 0 Å². The molecule has 0 unspecified atom stereocenters. The molecule has 0 saturated carbocycles. The van der Waals surface area contributed by atoms with E-state index in [0.29, 0.717) is 11.5 Å². The van der Waals surface area contributed by atoms with Gasteiger partial charge in [-0.05, 0) is 12.1 Å². The van der Waals surface area contributed by atoms with Crippen molar-refractivity contribution >= 4 is 11.7 Å². The molecule has 0 radical (unpaired) electrons. The molecule has 0 aliphatic carbocycles. The molecule has 0 amide bonds. The molecule has 7 heteroatoms. The van der Waals surface area contributed by atoms with Gasteiger partial charge in [-0.3, -0.25) is 4.68 Å². The van der Waals surface area contributed by atoms with Gasteiger partial charge in [0, 0.05) is 7.05 Å². The van der Waals surface area contributed by atoms with E-state index in [4.69, 9.17) is 10.5 Å². The summed E-state index contributed by atoms with van der Waals surface area (Å²) in [4.78, 5) is 19.4. The van der Waals surface area contributed by atoms with Gasteiger partial charge >= 0.3 is 5.97 Å². The van der Waals surface area contributed by atoms with Crippen molar-refractivity contribution in [2.45, 2.75) is 6.61 Å². The highest BCUT2D eigenvalue weighted by Gasteiger charge is 2.10. The quantitative estimate of drug-likeness (QED) is 0.758. The van der Waals surface area contributed by atoms with E-state index in [1.165, 1.54) is 23.3 Å². The van der Waals surface area contributed by atoms with Crippen molar-refractivity contribution in [3.05, 3.63) is 36.2 Å². The Labute approximate surface area is 97.2 Å². The summed E-state index contributed by atoms with van der Waals surface area (Å²) in [6.45, 7) is 0.0569. The Balaban J connectivity index is 1.98. The number of aryl methyl sites for hydroxylation is 1. The van der Waals surface area contributed by atoms with E-state index in [9.17, 15) is 4.79 Å². The third-order valence-corrected chi connectivity index (χ3v) is 2.13. The number of nitrogens with two attached hydrogens (primary N) is 1. The summed E-state index contributed by atoms with van der Waals surface area (Å²) in [7, 11) is 1.72. The molecule has 2 heterocycles. The maximum absolute atomic E-state index is 11.6. The first-order valence-electron chi connectivity index (χ1n) is 4.88. The van der Waals surface area contributed by atoms with Gasteiger partial charge in [-0.25, -0.2) is 14.8 Å². The van der Waals surface area contributed by atoms with Gasteiger partial charge in [-0.15, -0.1) is 0 Å². The summed E-state index contributed by atoms with van der Waals surface area (Å²) in [5.41, 5.74) is 6.17. The van der Waals surface area contributed by atoms with Crippen molar-refractivity contribution in [1.29, 1.82) is 0 Å². The SMILES string of the molecule is Cn1ncnc1COC(=O)c1ccc(N)cn1. The molecule has 88 valence electrons. The monoisotopic (exact) mass is 233 g/mol. The molecule has 0 saturated heterocycles. The number of rotatable bonds is 3. The van der Waals surface area contributed by atoms with Gasteiger partial charge in [0.15, 0.2) is 12.4 Å². The molecule has 0 bridgehead atoms. The molecule has 0 atom stereocenters. The van der Waals surface area contributed by atoms with E-state index in [0.717, 1.165) is 0 Å². The molecule has 0 aromatic carbocycles. The Morgan fingerprint density at radius 2 is 2.29 bits per heavy atom. The maximum atomic E-state index is 11.6. The lowest BCUT2D eigenvalue weighted by atomic mass is 10.3. The molecule has 0 aliphatic rings. The van der Waals surface area contributed by atoms with E-state index in [-0.39, 0.29) is 12.3 Å². The lowest BCUT2D eigenvalue weighted by molar-refractivity contribution is 0.0451. The average Bonchev–Trinajstić information content (AvgIpc) is 2.73. The van der Waals surface area contributed by atoms with Crippen molar-refractivity contribution in [3.63, 3.8) is 0 Å². The van der Waals surface area contributed by atoms with Gasteiger partial charge in [0.1, 0.15) is 12.0 Å². The summed E-state index contributed by atoms with van der Waals surface area (Å²) in [5, 5.41) is 3.86. The lowest BCUT2D eigenvalue weighted by Gasteiger charge is -2.03. The van der Waals surface area contributed by atoms with Crippen LogP contribution in [0.2, 0.25) is 0 Å². The number of hydrogen-bond donors (Lipinski definition) is 1. The Morgan fingerprint density at radius 1 is 1.47 bits per heavy atom. The Morgan fingerprint density at radius 3 is 2.88 bits per heavy atom. The number of esters is 1. The summed E-state index contributed by atoms with van der Waals surface area (Å²) in [5.74, 6) is 0.0433. The molecule has 2 rings (SSSR count). The van der Waals surface area contributed by atoms with Crippen molar-refractivity contribution < 1.29 is 9.53 Å². The lowest BCUT2D eigenvalue weighted by Crippen LogP contribution is -2.10. The molecule has 2 N–H and O–H groups in total. The molecule has 2 aromatic rings. The van der Waals surface area contributed by atoms with E-state index in [2.05, 4.69) is 15.1 Å². The van der Waals surface area contributed by atoms with Gasteiger partial charge in [0.25, 0.3) is 0 Å². The second kappa shape index (κ2) is 4.60. The second-order valence-corrected chi connectivity index (χ2v) is 3.35. The largest absolute Gasteiger partial charge is 0.453 e. The number of pyridine rings is 1. The first-order valence-corrected chi connectivity index (χ1v) is 4.88. The molecule has 17 heavy (non-hydrogen) atoms. The number of hydrogen-bond acceptors (Lipinski definition) is 6. The van der Waals surface area contributed by atoms with E-state index in [1.807, 2.05) is 0 Å². The zero-order valence-corrected chi connectivity index (χ0v) is 9.20. The number of nitrogen functional groups attached to an aromatic ring is 1. The van der Waals surface area contributed by atoms with Crippen LogP contribution in [0.4, 0.5) is 5.69 Å². The van der Waals surface area contributed by atoms with Gasteiger partial charge in [-0.2, -0.15) is 5.10 Å². The van der Waals surface area contributed by atoms with Crippen LogP contribution in [0.15, 0.2) is 24.7 Å². The third-order valence-electron chi connectivity index (χ3n) is 2.13. The van der Waals surface area contributed by atoms with Crippen LogP contribution < -0.4 is 5.73 Å². The van der Waals surface area contributed by atoms with Crippen LogP contribution in [0, 0.1) is 0 Å². The van der Waals surface area contributed by atoms with Crippen LogP contribution in [0.3, 0.4) is 0 Å². The molecule has 2 aromatic heterocycles. The van der Waals surface area contributed by atoms with Gasteiger partial charge in [0.05, 0.1) is 11.9 Å². The first-order chi connectivity index (χ1) is 8.16. The van der Waals surface area contributed by atoms with E-state index < -0.39 is 5.97 Å². The zero-order chi connectivity index (χ0) is 12.3. The highest BCUT2D eigenvalue weighted by Crippen LogP contribution is 2.04. The Kier molecular flexibility index (Phi) is 2.99. The van der Waals surface area contributed by atoms with Crippen molar-refractivity contribution in [1.82, 2.24) is 19.7 Å². The normalized spacial score (nSPS) is 10.2. The summed E-state index contributed by atoms with van der Waals surface area (Å²) >= 11 is 0. The number of ether oxygens (including phenoxy) is 1. The van der Waals surface area contributed by atoms with E-state index >= 15 is 0 Å². The van der Waals surface area contributed by atoms with Gasteiger partial charge in [0.2, 0.25) is 0 Å². The fourth-order valence-electron chi connectivity index (χ4n) is 1.18. The topological polar surface area (TPSA) is 95.9 Å². The van der Waals surface area contributed by atoms with Crippen molar-refractivity contribution in [2.24, 2.45) is 7.05 Å². The minimum absolute atomic E-state index is 0.0569. The predicted molar refractivity (Wildman–Crippen MR) is 58.8 cm³/mol. The zero-order valence-electron chi connectivity index (χ0n) is 9.20. The highest BCUT2D eigenvalue weighted by molar-refractivity contribution is 5.87. The van der Waals surface area contributed by atoms with Gasteiger partial charge < -0.3 is 10.5 Å². The van der Waals surface area contributed by atoms with Crippen LogP contribution >= 0.6 is 0 Å². The second-order valence-electron chi connectivity index (χ2n) is 3.35. The number of nitrogens with zero attached hydrogens (tertiary/aromatic N) is 4. The summed E-state index contributed by atoms with van der Waals surface area (Å²) < 4.78 is 6.56. The summed E-state index contributed by atoms with van der Waals surface area (Å²) in [6.07, 6.45) is 2.80. The molecular formula is C10H11N5O2. The molecule has 0 spiro atoms. The fourth-order valence-corrected chi connectivity index (χ4v) is 1.18. The molecule has 0 aliphatic heterocycles. The number of anilines is 1. The van der Waals surface area contributed by atoms with Crippen molar-refractivity contribution in [3.8, 4) is 0 Å². The van der Waals surface area contributed by atoms with Crippen LogP contribution in [-0.2, 0) is 18.4 Å². The minimum Gasteiger partial charge on any atom is -0.453 e. The molecular weight excluding hydrogens is 222 g/mol. The number of aromatic nitrogens is 4. The number of carbonyl (C=O) groups excluding carboxylic acids is 1. The standard InChI is InChI=1S/C10H11N5O2/c1-15-9(13-6-14-15)5-17-10(16)8-3-2-7(11)4-12-8/h2-4,6H,5,11H2,1H3. The highest BCUT2D eigenvalue weighted by atomic mass is 16.5. The van der Waals surface area contributed by atoms with Crippen molar-refractivity contribution in [2.75, 3.05) is 5.73 Å². The Hall–Kier alpha value is -2.44. The Bertz CT molecular complexity index is 520. The molecule has 7 nitrogen and oxygen atoms in total. The first kappa shape index (κ1) is 11.1. The smallest absolute Gasteiger partial charge is 0.357 e. The maximum Gasteiger partial charge on any atom is 0.357 e. The fraction of sp³-hybridized carbons (Fsp3) is 0.200.